The molecule has 0 spiro atoms. The molecule has 4 heteroatoms. The fourth-order valence-corrected chi connectivity index (χ4v) is 1.59. The predicted molar refractivity (Wildman–Crippen MR) is 54.0 cm³/mol. The molecule has 2 aromatic rings. The zero-order valence-corrected chi connectivity index (χ0v) is 8.17. The maximum Gasteiger partial charge on any atom is 0.337 e. The highest BCUT2D eigenvalue weighted by Crippen LogP contribution is 2.30. The second-order valence-electron chi connectivity index (χ2n) is 2.75. The Bertz CT molecular complexity index is 530. The highest BCUT2D eigenvalue weighted by molar-refractivity contribution is 6.35. The Morgan fingerprint density at radius 2 is 2.21 bits per heavy atom. The molecule has 0 bridgehead atoms. The zero-order chi connectivity index (χ0) is 10.1. The Morgan fingerprint density at radius 3 is 2.93 bits per heavy atom. The maximum atomic E-state index is 11.0. The van der Waals surface area contributed by atoms with Crippen molar-refractivity contribution in [3.63, 3.8) is 0 Å². The van der Waals surface area contributed by atoms with Crippen LogP contribution in [0.15, 0.2) is 33.5 Å². The average molecular weight is 211 g/mol. The van der Waals surface area contributed by atoms with E-state index in [1.807, 2.05) is 0 Å². The van der Waals surface area contributed by atoms with Gasteiger partial charge in [0.2, 0.25) is 0 Å². The predicted octanol–water partition coefficient (Wildman–Crippen LogP) is 2.46. The van der Waals surface area contributed by atoms with Crippen LogP contribution in [0, 0.1) is 0 Å². The minimum atomic E-state index is -0.462. The van der Waals surface area contributed by atoms with E-state index in [9.17, 15) is 4.79 Å². The van der Waals surface area contributed by atoms with Crippen molar-refractivity contribution in [3.05, 3.63) is 39.7 Å². The van der Waals surface area contributed by atoms with Crippen LogP contribution in [-0.2, 0) is 0 Å². The van der Waals surface area contributed by atoms with Crippen LogP contribution < -0.4 is 10.4 Å². The van der Waals surface area contributed by atoms with E-state index >= 15 is 0 Å². The summed E-state index contributed by atoms with van der Waals surface area (Å²) >= 11 is 5.91. The molecule has 0 saturated carbocycles. The summed E-state index contributed by atoms with van der Waals surface area (Å²) in [5.74, 6) is 0.594. The number of halogens is 1. The van der Waals surface area contributed by atoms with Gasteiger partial charge in [0.25, 0.3) is 0 Å². The number of ether oxygens (including phenoxy) is 1. The number of methoxy groups -OCH3 is 1. The van der Waals surface area contributed by atoms with Crippen molar-refractivity contribution in [1.29, 1.82) is 0 Å². The quantitative estimate of drug-likeness (QED) is 0.679. The van der Waals surface area contributed by atoms with E-state index in [4.69, 9.17) is 20.8 Å². The molecule has 0 amide bonds. The summed E-state index contributed by atoms with van der Waals surface area (Å²) in [4.78, 5) is 11.0. The lowest BCUT2D eigenvalue weighted by Crippen LogP contribution is -1.96. The lowest BCUT2D eigenvalue weighted by atomic mass is 10.2. The Labute approximate surface area is 84.9 Å². The zero-order valence-electron chi connectivity index (χ0n) is 7.41. The van der Waals surface area contributed by atoms with Crippen molar-refractivity contribution in [2.75, 3.05) is 7.11 Å². The molecule has 0 radical (unpaired) electrons. The summed E-state index contributed by atoms with van der Waals surface area (Å²) in [5, 5.41) is 0.963. The molecular formula is C10H7ClO3. The van der Waals surface area contributed by atoms with E-state index in [-0.39, 0.29) is 0 Å². The molecule has 0 unspecified atom stereocenters. The summed E-state index contributed by atoms with van der Waals surface area (Å²) in [6, 6.07) is 6.40. The van der Waals surface area contributed by atoms with E-state index in [0.717, 1.165) is 0 Å². The summed E-state index contributed by atoms with van der Waals surface area (Å²) in [6.45, 7) is 0. The van der Waals surface area contributed by atoms with Gasteiger partial charge in [-0.2, -0.15) is 0 Å². The van der Waals surface area contributed by atoms with E-state index in [1.165, 1.54) is 13.2 Å². The van der Waals surface area contributed by atoms with Crippen LogP contribution in [0.2, 0.25) is 5.02 Å². The maximum absolute atomic E-state index is 11.0. The first kappa shape index (κ1) is 9.09. The first-order valence-electron chi connectivity index (χ1n) is 3.99. The third-order valence-electron chi connectivity index (χ3n) is 1.90. The van der Waals surface area contributed by atoms with Crippen LogP contribution in [0.3, 0.4) is 0 Å². The lowest BCUT2D eigenvalue weighted by molar-refractivity contribution is 0.418. The van der Waals surface area contributed by atoms with Crippen molar-refractivity contribution in [1.82, 2.24) is 0 Å². The van der Waals surface area contributed by atoms with Gasteiger partial charge in [0, 0.05) is 6.07 Å². The second-order valence-corrected chi connectivity index (χ2v) is 3.15. The second kappa shape index (κ2) is 3.35. The largest absolute Gasteiger partial charge is 0.496 e. The lowest BCUT2D eigenvalue weighted by Gasteiger charge is -2.04. The number of fused-ring (bicyclic) bond motifs is 1. The molecular weight excluding hydrogens is 204 g/mol. The third kappa shape index (κ3) is 1.36. The van der Waals surface area contributed by atoms with Gasteiger partial charge < -0.3 is 9.15 Å². The van der Waals surface area contributed by atoms with Crippen molar-refractivity contribution >= 4 is 22.6 Å². The molecule has 3 nitrogen and oxygen atoms in total. The van der Waals surface area contributed by atoms with Crippen molar-refractivity contribution < 1.29 is 9.15 Å². The number of hydrogen-bond donors (Lipinski definition) is 0. The summed E-state index contributed by atoms with van der Waals surface area (Å²) < 4.78 is 10.1. The molecule has 1 heterocycles. The first-order valence-corrected chi connectivity index (χ1v) is 4.36. The monoisotopic (exact) mass is 210 g/mol. The van der Waals surface area contributed by atoms with E-state index in [2.05, 4.69) is 0 Å². The molecule has 0 atom stereocenters. The van der Waals surface area contributed by atoms with Crippen molar-refractivity contribution in [2.24, 2.45) is 0 Å². The number of hydrogen-bond acceptors (Lipinski definition) is 3. The van der Waals surface area contributed by atoms with Crippen LogP contribution in [0.1, 0.15) is 0 Å². The third-order valence-corrected chi connectivity index (χ3v) is 2.20. The molecule has 0 aliphatic carbocycles. The Balaban J connectivity index is 2.94. The minimum Gasteiger partial charge on any atom is -0.496 e. The fraction of sp³-hybridized carbons (Fsp3) is 0.100. The van der Waals surface area contributed by atoms with Gasteiger partial charge in [-0.25, -0.2) is 4.79 Å². The fourth-order valence-electron chi connectivity index (χ4n) is 1.32. The standard InChI is InChI=1S/C10H7ClO3/c1-13-7-3-2-4-8-10(7)6(11)5-9(12)14-8/h2-5H,1H3. The smallest absolute Gasteiger partial charge is 0.337 e. The summed E-state index contributed by atoms with van der Waals surface area (Å²) in [7, 11) is 1.54. The molecule has 0 N–H and O–H groups in total. The topological polar surface area (TPSA) is 39.4 Å². The van der Waals surface area contributed by atoms with Gasteiger partial charge in [-0.1, -0.05) is 17.7 Å². The normalized spacial score (nSPS) is 10.4. The van der Waals surface area contributed by atoms with Crippen LogP contribution in [0.4, 0.5) is 0 Å². The van der Waals surface area contributed by atoms with Gasteiger partial charge in [-0.15, -0.1) is 0 Å². The number of rotatable bonds is 1. The van der Waals surface area contributed by atoms with Gasteiger partial charge >= 0.3 is 5.63 Å². The Morgan fingerprint density at radius 1 is 1.43 bits per heavy atom. The molecule has 72 valence electrons. The van der Waals surface area contributed by atoms with Gasteiger partial charge in [-0.05, 0) is 12.1 Å². The average Bonchev–Trinajstić information content (AvgIpc) is 2.16. The molecule has 0 fully saturated rings. The van der Waals surface area contributed by atoms with Crippen LogP contribution in [0.5, 0.6) is 5.75 Å². The highest BCUT2D eigenvalue weighted by atomic mass is 35.5. The van der Waals surface area contributed by atoms with Crippen LogP contribution >= 0.6 is 11.6 Å². The van der Waals surface area contributed by atoms with E-state index in [0.29, 0.717) is 21.7 Å². The number of benzene rings is 1. The molecule has 0 saturated heterocycles. The minimum absolute atomic E-state index is 0.341. The molecule has 1 aromatic heterocycles. The molecule has 0 aliphatic rings. The van der Waals surface area contributed by atoms with Gasteiger partial charge in [0.1, 0.15) is 11.3 Å². The van der Waals surface area contributed by atoms with Crippen LogP contribution in [-0.4, -0.2) is 7.11 Å². The van der Waals surface area contributed by atoms with Gasteiger partial charge in [-0.3, -0.25) is 0 Å². The molecule has 14 heavy (non-hydrogen) atoms. The summed E-state index contributed by atoms with van der Waals surface area (Å²) in [6.07, 6.45) is 0. The van der Waals surface area contributed by atoms with Gasteiger partial charge in [0.15, 0.2) is 0 Å². The van der Waals surface area contributed by atoms with E-state index < -0.39 is 5.63 Å². The first-order chi connectivity index (χ1) is 6.72. The Kier molecular flexibility index (Phi) is 2.17. The van der Waals surface area contributed by atoms with Crippen molar-refractivity contribution in [3.8, 4) is 5.75 Å². The molecule has 2 rings (SSSR count). The molecule has 0 aliphatic heterocycles. The van der Waals surface area contributed by atoms with Crippen molar-refractivity contribution in [2.45, 2.75) is 0 Å². The highest BCUT2D eigenvalue weighted by Gasteiger charge is 2.08. The van der Waals surface area contributed by atoms with E-state index in [1.54, 1.807) is 18.2 Å². The molecule has 1 aromatic carbocycles. The SMILES string of the molecule is COc1cccc2oc(=O)cc(Cl)c12. The summed E-state index contributed by atoms with van der Waals surface area (Å²) in [5.41, 5.74) is -0.0300. The van der Waals surface area contributed by atoms with Gasteiger partial charge in [0.05, 0.1) is 17.5 Å². The Hall–Kier alpha value is -1.48. The van der Waals surface area contributed by atoms with Crippen LogP contribution in [0.25, 0.3) is 11.0 Å².